The predicted molar refractivity (Wildman–Crippen MR) is 79.0 cm³/mol. The zero-order valence-corrected chi connectivity index (χ0v) is 10.9. The quantitative estimate of drug-likeness (QED) is 0.653. The second-order valence-electron chi connectivity index (χ2n) is 3.48. The topological polar surface area (TPSA) is 38.0 Å². The first-order valence-electron chi connectivity index (χ1n) is 5.23. The first-order chi connectivity index (χ1) is 8.27. The molecule has 0 aliphatic heterocycles. The Balaban J connectivity index is 2.36. The lowest BCUT2D eigenvalue weighted by Crippen LogP contribution is -2.32. The Morgan fingerprint density at radius 3 is 1.65 bits per heavy atom. The van der Waals surface area contributed by atoms with Crippen LogP contribution in [0.2, 0.25) is 0 Å². The van der Waals surface area contributed by atoms with E-state index in [1.165, 1.54) is 10.6 Å². The van der Waals surface area contributed by atoms with Crippen LogP contribution in [0.15, 0.2) is 60.7 Å². The Labute approximate surface area is 108 Å². The molecule has 0 spiro atoms. The van der Waals surface area contributed by atoms with E-state index < -0.39 is 8.07 Å². The normalized spacial score (nSPS) is 10.2. The maximum atomic E-state index is 5.60. The van der Waals surface area contributed by atoms with Crippen molar-refractivity contribution in [1.29, 1.82) is 0 Å². The van der Waals surface area contributed by atoms with Crippen molar-refractivity contribution in [2.75, 3.05) is 0 Å². The summed E-state index contributed by atoms with van der Waals surface area (Å²) >= 11 is 4.95. The number of thiocarbonyl (C=S) groups is 1. The number of hydrogen-bond donors (Lipinski definition) is 2. The van der Waals surface area contributed by atoms with Gasteiger partial charge in [0, 0.05) is 10.6 Å². The van der Waals surface area contributed by atoms with Gasteiger partial charge in [-0.15, -0.1) is 0 Å². The molecule has 0 aliphatic carbocycles. The minimum atomic E-state index is -0.707. The molecule has 3 N–H and O–H groups in total. The van der Waals surface area contributed by atoms with Crippen LogP contribution in [-0.4, -0.2) is 5.11 Å². The molecule has 0 amide bonds. The largest absolute Gasteiger partial charge is 0.376 e. The fraction of sp³-hybridized carbons (Fsp3) is 0. The first kappa shape index (κ1) is 12.0. The Morgan fingerprint density at radius 1 is 0.882 bits per heavy atom. The van der Waals surface area contributed by atoms with Crippen LogP contribution in [-0.2, 0) is 0 Å². The van der Waals surface area contributed by atoms with Gasteiger partial charge in [0.25, 0.3) is 0 Å². The number of rotatable bonds is 3. The number of nitrogens with two attached hydrogens (primary N) is 1. The molecule has 0 fully saturated rings. The second kappa shape index (κ2) is 5.76. The fourth-order valence-corrected chi connectivity index (χ4v) is 3.53. The summed E-state index contributed by atoms with van der Waals surface area (Å²) in [5.74, 6) is 0. The monoisotopic (exact) mass is 260 g/mol. The van der Waals surface area contributed by atoms with Gasteiger partial charge >= 0.3 is 0 Å². The summed E-state index contributed by atoms with van der Waals surface area (Å²) in [4.78, 5) is 0. The van der Waals surface area contributed by atoms with Crippen LogP contribution in [0.1, 0.15) is 0 Å². The van der Waals surface area contributed by atoms with Gasteiger partial charge in [0.15, 0.2) is 5.11 Å². The van der Waals surface area contributed by atoms with Crippen LogP contribution >= 0.6 is 20.3 Å². The van der Waals surface area contributed by atoms with Gasteiger partial charge in [-0.05, 0) is 12.2 Å². The van der Waals surface area contributed by atoms with Gasteiger partial charge in [0.2, 0.25) is 0 Å². The van der Waals surface area contributed by atoms with E-state index in [4.69, 9.17) is 18.0 Å². The van der Waals surface area contributed by atoms with E-state index in [9.17, 15) is 0 Å². The first-order valence-corrected chi connectivity index (χ1v) is 6.98. The summed E-state index contributed by atoms with van der Waals surface area (Å²) in [7, 11) is -0.707. The van der Waals surface area contributed by atoms with E-state index in [-0.39, 0.29) is 0 Å². The van der Waals surface area contributed by atoms with Crippen molar-refractivity contribution in [2.24, 2.45) is 5.73 Å². The zero-order chi connectivity index (χ0) is 12.1. The van der Waals surface area contributed by atoms with Crippen LogP contribution in [0.5, 0.6) is 0 Å². The van der Waals surface area contributed by atoms with Crippen molar-refractivity contribution in [1.82, 2.24) is 5.09 Å². The van der Waals surface area contributed by atoms with Crippen LogP contribution in [0.4, 0.5) is 0 Å². The van der Waals surface area contributed by atoms with Gasteiger partial charge in [-0.2, -0.15) is 0 Å². The SMILES string of the molecule is NC(=S)NP(c1ccccc1)c1ccccc1. The molecule has 0 aromatic heterocycles. The van der Waals surface area contributed by atoms with Gasteiger partial charge in [-0.3, -0.25) is 0 Å². The maximum Gasteiger partial charge on any atom is 0.167 e. The van der Waals surface area contributed by atoms with Crippen molar-refractivity contribution in [2.45, 2.75) is 0 Å². The van der Waals surface area contributed by atoms with Gasteiger partial charge in [-0.1, -0.05) is 60.7 Å². The molecule has 2 nitrogen and oxygen atoms in total. The Hall–Kier alpha value is -1.44. The molecule has 0 bridgehead atoms. The van der Waals surface area contributed by atoms with Crippen molar-refractivity contribution < 1.29 is 0 Å². The fourth-order valence-electron chi connectivity index (χ4n) is 1.54. The molecule has 0 radical (unpaired) electrons. The van der Waals surface area contributed by atoms with Gasteiger partial charge < -0.3 is 10.8 Å². The van der Waals surface area contributed by atoms with Crippen LogP contribution < -0.4 is 21.4 Å². The predicted octanol–water partition coefficient (Wildman–Crippen LogP) is 1.87. The zero-order valence-electron chi connectivity index (χ0n) is 9.21. The molecule has 86 valence electrons. The molecule has 0 saturated carbocycles. The average Bonchev–Trinajstić information content (AvgIpc) is 2.38. The van der Waals surface area contributed by atoms with Crippen LogP contribution in [0.25, 0.3) is 0 Å². The summed E-state index contributed by atoms with van der Waals surface area (Å²) in [6.45, 7) is 0. The smallest absolute Gasteiger partial charge is 0.167 e. The van der Waals surface area contributed by atoms with E-state index in [1.807, 2.05) is 36.4 Å². The molecule has 2 rings (SSSR count). The molecule has 0 atom stereocenters. The lowest BCUT2D eigenvalue weighted by Gasteiger charge is -2.19. The summed E-state index contributed by atoms with van der Waals surface area (Å²) in [5, 5.41) is 5.94. The highest BCUT2D eigenvalue weighted by Crippen LogP contribution is 2.27. The molecule has 0 saturated heterocycles. The number of benzene rings is 2. The van der Waals surface area contributed by atoms with Crippen LogP contribution in [0, 0.1) is 0 Å². The molecule has 4 heteroatoms. The number of hydrogen-bond acceptors (Lipinski definition) is 1. The van der Waals surface area contributed by atoms with Gasteiger partial charge in [-0.25, -0.2) is 0 Å². The summed E-state index contributed by atoms with van der Waals surface area (Å²) < 4.78 is 0. The van der Waals surface area contributed by atoms with Crippen molar-refractivity contribution in [3.8, 4) is 0 Å². The highest BCUT2D eigenvalue weighted by atomic mass is 32.1. The highest BCUT2D eigenvalue weighted by Gasteiger charge is 2.13. The highest BCUT2D eigenvalue weighted by molar-refractivity contribution is 7.82. The Bertz CT molecular complexity index is 448. The lowest BCUT2D eigenvalue weighted by atomic mass is 10.4. The lowest BCUT2D eigenvalue weighted by molar-refractivity contribution is 1.47. The van der Waals surface area contributed by atoms with Crippen molar-refractivity contribution in [3.05, 3.63) is 60.7 Å². The van der Waals surface area contributed by atoms with Gasteiger partial charge in [0.1, 0.15) is 0 Å². The maximum absolute atomic E-state index is 5.60. The number of nitrogens with one attached hydrogen (secondary N) is 1. The van der Waals surface area contributed by atoms with Gasteiger partial charge in [0.05, 0.1) is 8.07 Å². The third-order valence-electron chi connectivity index (χ3n) is 2.25. The summed E-state index contributed by atoms with van der Waals surface area (Å²) in [5.41, 5.74) is 5.60. The Kier molecular flexibility index (Phi) is 4.08. The van der Waals surface area contributed by atoms with E-state index in [1.54, 1.807) is 0 Å². The molecule has 2 aromatic carbocycles. The summed E-state index contributed by atoms with van der Waals surface area (Å²) in [6.07, 6.45) is 0. The standard InChI is InChI=1S/C13H13N2PS/c14-13(17)15-16(11-7-3-1-4-8-11)12-9-5-2-6-10-12/h1-10H,(H3,14,15,17). The molecule has 2 aromatic rings. The minimum absolute atomic E-state index is 0.337. The van der Waals surface area contributed by atoms with Crippen molar-refractivity contribution in [3.63, 3.8) is 0 Å². The Morgan fingerprint density at radius 2 is 1.29 bits per heavy atom. The summed E-state index contributed by atoms with van der Waals surface area (Å²) in [6, 6.07) is 20.4. The molecular formula is C13H13N2PS. The molecular weight excluding hydrogens is 247 g/mol. The average molecular weight is 260 g/mol. The van der Waals surface area contributed by atoms with E-state index in [0.29, 0.717) is 5.11 Å². The molecule has 17 heavy (non-hydrogen) atoms. The molecule has 0 aliphatic rings. The third-order valence-corrected chi connectivity index (χ3v) is 4.60. The second-order valence-corrected chi connectivity index (χ2v) is 5.85. The third kappa shape index (κ3) is 3.26. The molecule has 0 unspecified atom stereocenters. The van der Waals surface area contributed by atoms with E-state index in [2.05, 4.69) is 29.4 Å². The minimum Gasteiger partial charge on any atom is -0.376 e. The van der Waals surface area contributed by atoms with Crippen LogP contribution in [0.3, 0.4) is 0 Å². The van der Waals surface area contributed by atoms with E-state index >= 15 is 0 Å². The molecule has 0 heterocycles. The van der Waals surface area contributed by atoms with Crippen molar-refractivity contribution >= 4 is 36.0 Å². The van der Waals surface area contributed by atoms with E-state index in [0.717, 1.165) is 0 Å².